The van der Waals surface area contributed by atoms with Crippen molar-refractivity contribution in [1.82, 2.24) is 14.9 Å². The maximum absolute atomic E-state index is 12.9. The minimum Gasteiger partial charge on any atom is -0.494 e. The fraction of sp³-hybridized carbons (Fsp3) is 0.346. The van der Waals surface area contributed by atoms with Crippen LogP contribution in [0.1, 0.15) is 36.3 Å². The first-order chi connectivity index (χ1) is 17.8. The van der Waals surface area contributed by atoms with Gasteiger partial charge in [-0.1, -0.05) is 0 Å². The molecule has 0 atom stereocenters. The second-order valence-corrected chi connectivity index (χ2v) is 8.96. The van der Waals surface area contributed by atoms with Crippen molar-refractivity contribution >= 4 is 34.7 Å². The Morgan fingerprint density at radius 2 is 2.00 bits per heavy atom. The summed E-state index contributed by atoms with van der Waals surface area (Å²) in [6.07, 6.45) is 2.09. The van der Waals surface area contributed by atoms with Gasteiger partial charge in [0, 0.05) is 56.0 Å². The van der Waals surface area contributed by atoms with Gasteiger partial charge >= 0.3 is 0 Å². The first-order valence-corrected chi connectivity index (χ1v) is 12.7. The number of anilines is 1. The van der Waals surface area contributed by atoms with E-state index < -0.39 is 5.91 Å². The molecule has 11 heteroatoms. The minimum atomic E-state index is -0.406. The number of benzene rings is 1. The molecule has 3 aromatic rings. The number of nitrogens with zero attached hydrogens (tertiary/aromatic N) is 3. The van der Waals surface area contributed by atoms with Crippen molar-refractivity contribution in [3.05, 3.63) is 58.0 Å². The number of carbonyl (C=O) groups is 3. The van der Waals surface area contributed by atoms with Gasteiger partial charge in [0.15, 0.2) is 4.80 Å². The van der Waals surface area contributed by atoms with Gasteiger partial charge in [-0.25, -0.2) is 0 Å². The van der Waals surface area contributed by atoms with E-state index in [9.17, 15) is 14.4 Å². The minimum absolute atomic E-state index is 0.0111. The number of pyridine rings is 1. The molecule has 0 aliphatic rings. The van der Waals surface area contributed by atoms with Gasteiger partial charge < -0.3 is 24.7 Å². The largest absolute Gasteiger partial charge is 0.494 e. The monoisotopic (exact) mass is 525 g/mol. The SMILES string of the molecule is CCOc1ccc(-c2csc(=NC(=O)c3ccc(C)nc3)n2CCCNC(=O)COC)c(NC(C)=O)c1. The van der Waals surface area contributed by atoms with Gasteiger partial charge in [-0.15, -0.1) is 11.3 Å². The van der Waals surface area contributed by atoms with E-state index in [2.05, 4.69) is 20.6 Å². The van der Waals surface area contributed by atoms with E-state index >= 15 is 0 Å². The fourth-order valence-corrected chi connectivity index (χ4v) is 4.46. The molecular formula is C26H31N5O5S. The van der Waals surface area contributed by atoms with Crippen LogP contribution in [-0.2, 0) is 20.9 Å². The predicted molar refractivity (Wildman–Crippen MR) is 142 cm³/mol. The van der Waals surface area contributed by atoms with Crippen LogP contribution in [0.3, 0.4) is 0 Å². The summed E-state index contributed by atoms with van der Waals surface area (Å²) in [6.45, 7) is 6.54. The number of hydrogen-bond donors (Lipinski definition) is 2. The quantitative estimate of drug-likeness (QED) is 0.371. The van der Waals surface area contributed by atoms with Crippen LogP contribution in [0.5, 0.6) is 5.75 Å². The Kier molecular flexibility index (Phi) is 10.1. The highest BCUT2D eigenvalue weighted by atomic mass is 32.1. The first kappa shape index (κ1) is 27.8. The van der Waals surface area contributed by atoms with E-state index in [4.69, 9.17) is 9.47 Å². The summed E-state index contributed by atoms with van der Waals surface area (Å²) in [7, 11) is 1.46. The smallest absolute Gasteiger partial charge is 0.281 e. The summed E-state index contributed by atoms with van der Waals surface area (Å²) in [6, 6.07) is 8.92. The summed E-state index contributed by atoms with van der Waals surface area (Å²) in [5.74, 6) is -0.199. The molecule has 196 valence electrons. The van der Waals surface area contributed by atoms with Gasteiger partial charge in [0.25, 0.3) is 5.91 Å². The Bertz CT molecular complexity index is 1310. The zero-order chi connectivity index (χ0) is 26.8. The van der Waals surface area contributed by atoms with E-state index in [0.29, 0.717) is 47.9 Å². The van der Waals surface area contributed by atoms with Crippen molar-refractivity contribution in [2.24, 2.45) is 4.99 Å². The van der Waals surface area contributed by atoms with Crippen molar-refractivity contribution in [1.29, 1.82) is 0 Å². The third-order valence-electron chi connectivity index (χ3n) is 5.20. The molecule has 2 N–H and O–H groups in total. The molecule has 0 unspecified atom stereocenters. The highest BCUT2D eigenvalue weighted by Crippen LogP contribution is 2.32. The molecule has 10 nitrogen and oxygen atoms in total. The Morgan fingerprint density at radius 1 is 1.19 bits per heavy atom. The highest BCUT2D eigenvalue weighted by Gasteiger charge is 2.16. The molecule has 0 radical (unpaired) electrons. The number of aryl methyl sites for hydroxylation is 1. The Morgan fingerprint density at radius 3 is 2.68 bits per heavy atom. The van der Waals surface area contributed by atoms with Crippen molar-refractivity contribution in [3.63, 3.8) is 0 Å². The number of thiazole rings is 1. The molecule has 0 spiro atoms. The molecule has 3 amide bonds. The molecule has 0 saturated heterocycles. The molecule has 0 bridgehead atoms. The van der Waals surface area contributed by atoms with Crippen LogP contribution in [0.25, 0.3) is 11.3 Å². The molecule has 0 fully saturated rings. The fourth-order valence-electron chi connectivity index (χ4n) is 3.54. The van der Waals surface area contributed by atoms with Crippen molar-refractivity contribution in [3.8, 4) is 17.0 Å². The number of nitrogens with one attached hydrogen (secondary N) is 2. The number of amides is 3. The number of hydrogen-bond acceptors (Lipinski definition) is 7. The van der Waals surface area contributed by atoms with Crippen LogP contribution in [0.15, 0.2) is 46.9 Å². The molecule has 0 aliphatic heterocycles. The normalized spacial score (nSPS) is 11.3. The van der Waals surface area contributed by atoms with Gasteiger partial charge in [-0.2, -0.15) is 4.99 Å². The molecule has 37 heavy (non-hydrogen) atoms. The van der Waals surface area contributed by atoms with Crippen molar-refractivity contribution in [2.45, 2.75) is 33.7 Å². The number of carbonyl (C=O) groups excluding carboxylic acids is 3. The van der Waals surface area contributed by atoms with E-state index in [-0.39, 0.29) is 18.4 Å². The lowest BCUT2D eigenvalue weighted by molar-refractivity contribution is -0.124. The highest BCUT2D eigenvalue weighted by molar-refractivity contribution is 7.07. The van der Waals surface area contributed by atoms with Crippen LogP contribution in [0.2, 0.25) is 0 Å². The van der Waals surface area contributed by atoms with Crippen LogP contribution in [0.4, 0.5) is 5.69 Å². The third kappa shape index (κ3) is 7.83. The van der Waals surface area contributed by atoms with Gasteiger partial charge in [-0.3, -0.25) is 19.4 Å². The second kappa shape index (κ2) is 13.5. The summed E-state index contributed by atoms with van der Waals surface area (Å²) in [5, 5.41) is 7.57. The average molecular weight is 526 g/mol. The van der Waals surface area contributed by atoms with E-state index in [1.807, 2.05) is 35.9 Å². The van der Waals surface area contributed by atoms with Crippen molar-refractivity contribution < 1.29 is 23.9 Å². The molecule has 0 aliphatic carbocycles. The van der Waals surface area contributed by atoms with Crippen LogP contribution < -0.4 is 20.2 Å². The second-order valence-electron chi connectivity index (χ2n) is 8.12. The lowest BCUT2D eigenvalue weighted by Gasteiger charge is -2.15. The maximum atomic E-state index is 12.9. The standard InChI is InChI=1S/C26H31N5O5S/c1-5-36-20-9-10-21(22(13-20)29-18(3)32)23-16-37-26(30-25(34)19-8-7-17(2)28-14-19)31(23)12-6-11-27-24(33)15-35-4/h7-10,13-14,16H,5-6,11-12,15H2,1-4H3,(H,27,33)(H,29,32). The number of ether oxygens (including phenoxy) is 2. The summed E-state index contributed by atoms with van der Waals surface area (Å²) >= 11 is 1.32. The molecule has 2 aromatic heterocycles. The molecule has 0 saturated carbocycles. The molecule has 1 aromatic carbocycles. The zero-order valence-corrected chi connectivity index (χ0v) is 22.2. The van der Waals surface area contributed by atoms with Gasteiger partial charge in [0.05, 0.1) is 23.6 Å². The van der Waals surface area contributed by atoms with Gasteiger partial charge in [0.2, 0.25) is 11.8 Å². The van der Waals surface area contributed by atoms with E-state index in [1.165, 1.54) is 31.6 Å². The third-order valence-corrected chi connectivity index (χ3v) is 6.06. The summed E-state index contributed by atoms with van der Waals surface area (Å²) in [5.41, 5.74) is 3.30. The predicted octanol–water partition coefficient (Wildman–Crippen LogP) is 3.17. The summed E-state index contributed by atoms with van der Waals surface area (Å²) < 4.78 is 12.4. The Balaban J connectivity index is 2.01. The zero-order valence-electron chi connectivity index (χ0n) is 21.4. The Labute approximate surface area is 219 Å². The van der Waals surface area contributed by atoms with Gasteiger partial charge in [-0.05, 0) is 44.5 Å². The molecule has 2 heterocycles. The number of rotatable bonds is 11. The first-order valence-electron chi connectivity index (χ1n) is 11.8. The summed E-state index contributed by atoms with van der Waals surface area (Å²) in [4.78, 5) is 45.6. The van der Waals surface area contributed by atoms with Gasteiger partial charge in [0.1, 0.15) is 12.4 Å². The van der Waals surface area contributed by atoms with Crippen LogP contribution >= 0.6 is 11.3 Å². The van der Waals surface area contributed by atoms with Crippen LogP contribution in [-0.4, -0.2) is 54.1 Å². The molecule has 3 rings (SSSR count). The average Bonchev–Trinajstić information content (AvgIpc) is 3.24. The topological polar surface area (TPSA) is 124 Å². The Hall–Kier alpha value is -3.83. The van der Waals surface area contributed by atoms with Crippen LogP contribution in [0, 0.1) is 6.92 Å². The number of aromatic nitrogens is 2. The maximum Gasteiger partial charge on any atom is 0.281 e. The van der Waals surface area contributed by atoms with Crippen molar-refractivity contribution in [2.75, 3.05) is 32.2 Å². The molecular weight excluding hydrogens is 494 g/mol. The number of methoxy groups -OCH3 is 1. The van der Waals surface area contributed by atoms with E-state index in [0.717, 1.165) is 17.0 Å². The van der Waals surface area contributed by atoms with E-state index in [1.54, 1.807) is 18.2 Å². The lowest BCUT2D eigenvalue weighted by atomic mass is 10.1. The lowest BCUT2D eigenvalue weighted by Crippen LogP contribution is -2.29.